The molecule has 1 aliphatic rings. The summed E-state index contributed by atoms with van der Waals surface area (Å²) in [4.78, 5) is 11.3. The lowest BCUT2D eigenvalue weighted by Crippen LogP contribution is -2.28. The summed E-state index contributed by atoms with van der Waals surface area (Å²) in [5, 5.41) is 9.76. The first-order chi connectivity index (χ1) is 11.8. The predicted octanol–water partition coefficient (Wildman–Crippen LogP) is -0.512. The van der Waals surface area contributed by atoms with Gasteiger partial charge in [0.1, 0.15) is 0 Å². The van der Waals surface area contributed by atoms with E-state index in [4.69, 9.17) is 16.1 Å². The van der Waals surface area contributed by atoms with Crippen LogP contribution in [0.4, 0.5) is 5.69 Å². The highest BCUT2D eigenvalue weighted by atomic mass is 32.2. The number of nitrogens with two attached hydrogens (primary N) is 2. The lowest BCUT2D eigenvalue weighted by atomic mass is 9.79. The predicted molar refractivity (Wildman–Crippen MR) is 93.5 cm³/mol. The molecule has 0 aromatic heterocycles. The van der Waals surface area contributed by atoms with E-state index in [1.165, 1.54) is 18.2 Å². The molecule has 0 aliphatic carbocycles. The third-order valence-corrected chi connectivity index (χ3v) is 5.80. The molecule has 9 heteroatoms. The largest absolute Gasteiger partial charge is 0.491 e. The number of carbonyl (C=O) groups excluding carboxylic acids is 1. The molecule has 130 valence electrons. The van der Waals surface area contributed by atoms with E-state index in [-0.39, 0.29) is 22.6 Å². The van der Waals surface area contributed by atoms with Gasteiger partial charge in [-0.3, -0.25) is 4.79 Å². The molecule has 1 heterocycles. The van der Waals surface area contributed by atoms with Gasteiger partial charge >= 0.3 is 7.12 Å². The van der Waals surface area contributed by atoms with Crippen molar-refractivity contribution in [2.75, 3.05) is 5.73 Å². The van der Waals surface area contributed by atoms with Gasteiger partial charge in [0.2, 0.25) is 5.91 Å². The molecule has 2 aromatic carbocycles. The van der Waals surface area contributed by atoms with Gasteiger partial charge in [0.05, 0.1) is 23.7 Å². The van der Waals surface area contributed by atoms with Crippen LogP contribution in [0, 0.1) is 0 Å². The van der Waals surface area contributed by atoms with Crippen molar-refractivity contribution < 1.29 is 22.9 Å². The van der Waals surface area contributed by atoms with Gasteiger partial charge < -0.3 is 21.1 Å². The van der Waals surface area contributed by atoms with Crippen LogP contribution in [0.1, 0.15) is 16.7 Å². The molecular weight excluding hydrogens is 343 g/mol. The van der Waals surface area contributed by atoms with E-state index in [1.807, 2.05) is 0 Å². The van der Waals surface area contributed by atoms with Crippen molar-refractivity contribution in [2.45, 2.75) is 23.7 Å². The minimum absolute atomic E-state index is 0.0257. The molecule has 1 aliphatic heterocycles. The monoisotopic (exact) mass is 360 g/mol. The summed E-state index contributed by atoms with van der Waals surface area (Å²) < 4.78 is 30.7. The highest BCUT2D eigenvalue weighted by molar-refractivity contribution is 7.90. The Balaban J connectivity index is 1.95. The maximum Gasteiger partial charge on any atom is 0.491 e. The number of amides is 1. The second kappa shape index (κ2) is 6.51. The third kappa shape index (κ3) is 3.68. The van der Waals surface area contributed by atoms with E-state index >= 15 is 0 Å². The third-order valence-electron chi connectivity index (χ3n) is 4.01. The highest BCUT2D eigenvalue weighted by Crippen LogP contribution is 2.24. The molecule has 1 amide bonds. The molecular formula is C16H17BN2O5S. The van der Waals surface area contributed by atoms with Crippen LogP contribution in [-0.2, 0) is 38.1 Å². The van der Waals surface area contributed by atoms with Crippen molar-refractivity contribution in [1.82, 2.24) is 0 Å². The zero-order valence-corrected chi connectivity index (χ0v) is 14.1. The second-order valence-corrected chi connectivity index (χ2v) is 7.92. The Morgan fingerprint density at radius 1 is 1.24 bits per heavy atom. The lowest BCUT2D eigenvalue weighted by Gasteiger charge is -2.11. The summed E-state index contributed by atoms with van der Waals surface area (Å²) in [5.41, 5.74) is 13.4. The van der Waals surface area contributed by atoms with E-state index in [2.05, 4.69) is 0 Å². The average Bonchev–Trinajstić information content (AvgIpc) is 2.87. The van der Waals surface area contributed by atoms with Crippen LogP contribution in [0.25, 0.3) is 0 Å². The van der Waals surface area contributed by atoms with Crippen LogP contribution in [0.3, 0.4) is 0 Å². The topological polar surface area (TPSA) is 133 Å². The molecule has 0 unspecified atom stereocenters. The van der Waals surface area contributed by atoms with Crippen molar-refractivity contribution in [3.63, 3.8) is 0 Å². The first kappa shape index (κ1) is 17.5. The highest BCUT2D eigenvalue weighted by Gasteiger charge is 2.28. The maximum atomic E-state index is 12.8. The SMILES string of the molecule is NC(=O)Cc1cc(N)ccc1S(=O)(=O)Cc1ccc2c(c1)B(O)OC2. The summed E-state index contributed by atoms with van der Waals surface area (Å²) in [7, 11) is -4.77. The maximum absolute atomic E-state index is 12.8. The molecule has 5 N–H and O–H groups in total. The first-order valence-electron chi connectivity index (χ1n) is 7.57. The molecule has 0 bridgehead atoms. The summed E-state index contributed by atoms with van der Waals surface area (Å²) in [6, 6.07) is 9.34. The van der Waals surface area contributed by atoms with E-state index in [0.717, 1.165) is 5.56 Å². The fourth-order valence-electron chi connectivity index (χ4n) is 2.88. The summed E-state index contributed by atoms with van der Waals surface area (Å²) >= 11 is 0. The molecule has 0 radical (unpaired) electrons. The van der Waals surface area contributed by atoms with E-state index < -0.39 is 22.9 Å². The van der Waals surface area contributed by atoms with Crippen molar-refractivity contribution >= 4 is 34.0 Å². The van der Waals surface area contributed by atoms with Crippen LogP contribution in [0.2, 0.25) is 0 Å². The Morgan fingerprint density at radius 3 is 2.72 bits per heavy atom. The number of nitrogen functional groups attached to an aromatic ring is 1. The lowest BCUT2D eigenvalue weighted by molar-refractivity contribution is -0.117. The second-order valence-electron chi connectivity index (χ2n) is 5.97. The quantitative estimate of drug-likeness (QED) is 0.486. The van der Waals surface area contributed by atoms with Gasteiger partial charge in [-0.15, -0.1) is 0 Å². The minimum Gasteiger partial charge on any atom is -0.423 e. The van der Waals surface area contributed by atoms with Gasteiger partial charge in [-0.25, -0.2) is 8.42 Å². The molecule has 2 aromatic rings. The summed E-state index contributed by atoms with van der Waals surface area (Å²) in [6.45, 7) is 0.296. The van der Waals surface area contributed by atoms with Crippen LogP contribution >= 0.6 is 0 Å². The van der Waals surface area contributed by atoms with E-state index in [0.29, 0.717) is 23.3 Å². The van der Waals surface area contributed by atoms with Crippen LogP contribution in [0.15, 0.2) is 41.3 Å². The number of sulfone groups is 1. The minimum atomic E-state index is -3.73. The number of anilines is 1. The molecule has 3 rings (SSSR count). The fourth-order valence-corrected chi connectivity index (χ4v) is 4.46. The zero-order chi connectivity index (χ0) is 18.2. The molecule has 0 spiro atoms. The van der Waals surface area contributed by atoms with Gasteiger partial charge in [0, 0.05) is 5.69 Å². The van der Waals surface area contributed by atoms with Crippen LogP contribution in [0.5, 0.6) is 0 Å². The normalized spacial score (nSPS) is 13.7. The van der Waals surface area contributed by atoms with E-state index in [9.17, 15) is 18.2 Å². The van der Waals surface area contributed by atoms with E-state index in [1.54, 1.807) is 18.2 Å². The number of primary amides is 1. The van der Waals surface area contributed by atoms with Crippen LogP contribution < -0.4 is 16.9 Å². The molecule has 7 nitrogen and oxygen atoms in total. The summed E-state index contributed by atoms with van der Waals surface area (Å²) in [6.07, 6.45) is -0.212. The smallest absolute Gasteiger partial charge is 0.423 e. The molecule has 0 saturated heterocycles. The number of benzene rings is 2. The van der Waals surface area contributed by atoms with Gasteiger partial charge in [0.15, 0.2) is 9.84 Å². The number of fused-ring (bicyclic) bond motifs is 1. The van der Waals surface area contributed by atoms with Crippen molar-refractivity contribution in [3.05, 3.63) is 53.1 Å². The Kier molecular flexibility index (Phi) is 4.55. The number of rotatable bonds is 5. The molecule has 0 saturated carbocycles. The zero-order valence-electron chi connectivity index (χ0n) is 13.3. The number of hydrogen-bond donors (Lipinski definition) is 3. The number of hydrogen-bond acceptors (Lipinski definition) is 6. The Hall–Kier alpha value is -2.36. The van der Waals surface area contributed by atoms with Crippen molar-refractivity contribution in [3.8, 4) is 0 Å². The van der Waals surface area contributed by atoms with Crippen LogP contribution in [-0.4, -0.2) is 26.5 Å². The van der Waals surface area contributed by atoms with Gasteiger partial charge in [0.25, 0.3) is 0 Å². The Labute approximate surface area is 145 Å². The Morgan fingerprint density at radius 2 is 2.00 bits per heavy atom. The average molecular weight is 360 g/mol. The van der Waals surface area contributed by atoms with Gasteiger partial charge in [-0.05, 0) is 40.4 Å². The molecule has 0 atom stereocenters. The Bertz CT molecular complexity index is 946. The number of carbonyl (C=O) groups is 1. The fraction of sp³-hybridized carbons (Fsp3) is 0.188. The van der Waals surface area contributed by atoms with Gasteiger partial charge in [-0.1, -0.05) is 18.2 Å². The van der Waals surface area contributed by atoms with Crippen molar-refractivity contribution in [2.24, 2.45) is 5.73 Å². The molecule has 0 fully saturated rings. The molecule has 25 heavy (non-hydrogen) atoms. The first-order valence-corrected chi connectivity index (χ1v) is 9.22. The van der Waals surface area contributed by atoms with Crippen molar-refractivity contribution in [1.29, 1.82) is 0 Å². The standard InChI is InChI=1S/C16H17BN2O5S/c18-13-3-4-15(12(6-13)7-16(19)20)25(22,23)9-10-1-2-11-8-24-17(21)14(11)5-10/h1-6,21H,7-9,18H2,(H2,19,20). The summed E-state index contributed by atoms with van der Waals surface area (Å²) in [5.74, 6) is -0.914. The van der Waals surface area contributed by atoms with Gasteiger partial charge in [-0.2, -0.15) is 0 Å².